The second-order valence-corrected chi connectivity index (χ2v) is 11.7. The molecule has 3 aromatic rings. The van der Waals surface area contributed by atoms with E-state index < -0.39 is 11.2 Å². The molecule has 1 amide bonds. The highest BCUT2D eigenvalue weighted by Crippen LogP contribution is 2.43. The van der Waals surface area contributed by atoms with Crippen molar-refractivity contribution in [1.29, 1.82) is 0 Å². The van der Waals surface area contributed by atoms with Gasteiger partial charge in [-0.2, -0.15) is 0 Å². The first kappa shape index (κ1) is 24.7. The van der Waals surface area contributed by atoms with E-state index in [9.17, 15) is 14.7 Å². The van der Waals surface area contributed by atoms with Gasteiger partial charge in [-0.25, -0.2) is 0 Å². The number of rotatable bonds is 4. The van der Waals surface area contributed by atoms with Crippen LogP contribution in [0.15, 0.2) is 70.5 Å². The molecule has 1 atom stereocenters. The van der Waals surface area contributed by atoms with Gasteiger partial charge in [0, 0.05) is 29.0 Å². The monoisotopic (exact) mass is 545 g/mol. The summed E-state index contributed by atoms with van der Waals surface area (Å²) in [6.45, 7) is 1.67. The summed E-state index contributed by atoms with van der Waals surface area (Å²) in [4.78, 5) is 29.5. The lowest BCUT2D eigenvalue weighted by Gasteiger charge is -2.47. The van der Waals surface area contributed by atoms with Crippen molar-refractivity contribution in [3.63, 3.8) is 0 Å². The Bertz CT molecular complexity index is 1420. The number of carbonyl (C=O) groups is 1. The Morgan fingerprint density at radius 2 is 1.64 bits per heavy atom. The van der Waals surface area contributed by atoms with Gasteiger partial charge < -0.3 is 19.5 Å². The number of nitrogens with zero attached hydrogens (tertiary/aromatic N) is 3. The Balaban J connectivity index is 1.29. The number of benzene rings is 2. The average molecular weight is 546 g/mol. The lowest BCUT2D eigenvalue weighted by Crippen LogP contribution is -2.59. The zero-order valence-corrected chi connectivity index (χ0v) is 22.4. The second-order valence-electron chi connectivity index (χ2n) is 10.7. The van der Waals surface area contributed by atoms with E-state index in [4.69, 9.17) is 9.47 Å². The van der Waals surface area contributed by atoms with Crippen LogP contribution in [0, 0.1) is 0 Å². The van der Waals surface area contributed by atoms with Gasteiger partial charge in [0.05, 0.1) is 25.4 Å². The second kappa shape index (κ2) is 10.0. The third kappa shape index (κ3) is 4.33. The largest absolute Gasteiger partial charge is 0.502 e. The average Bonchev–Trinajstić information content (AvgIpc) is 3.10. The molecule has 1 saturated heterocycles. The minimum absolute atomic E-state index is 0.00779. The number of aromatic hydroxyl groups is 1. The molecule has 4 aliphatic rings. The normalized spacial score (nSPS) is 24.8. The van der Waals surface area contributed by atoms with E-state index in [0.717, 1.165) is 42.6 Å². The molecule has 1 aromatic heterocycles. The van der Waals surface area contributed by atoms with Crippen LogP contribution in [-0.4, -0.2) is 58.7 Å². The predicted octanol–water partition coefficient (Wildman–Crippen LogP) is 4.03. The molecule has 0 unspecified atom stereocenters. The Kier molecular flexibility index (Phi) is 6.37. The number of ether oxygens (including phenoxy) is 2. The molecule has 3 aliphatic heterocycles. The Hall–Kier alpha value is -3.27. The van der Waals surface area contributed by atoms with E-state index in [1.54, 1.807) is 10.9 Å². The highest BCUT2D eigenvalue weighted by Gasteiger charge is 2.42. The van der Waals surface area contributed by atoms with Crippen LogP contribution in [-0.2, 0) is 15.2 Å². The minimum atomic E-state index is -0.548. The summed E-state index contributed by atoms with van der Waals surface area (Å²) in [6, 6.07) is 17.9. The Morgan fingerprint density at radius 3 is 2.41 bits per heavy atom. The zero-order chi connectivity index (χ0) is 26.5. The van der Waals surface area contributed by atoms with E-state index in [0.29, 0.717) is 19.9 Å². The van der Waals surface area contributed by atoms with Gasteiger partial charge >= 0.3 is 0 Å². The van der Waals surface area contributed by atoms with Crippen LogP contribution < -0.4 is 10.4 Å². The van der Waals surface area contributed by atoms with Gasteiger partial charge in [0.2, 0.25) is 5.43 Å². The van der Waals surface area contributed by atoms with Gasteiger partial charge in [-0.1, -0.05) is 42.5 Å². The highest BCUT2D eigenvalue weighted by molar-refractivity contribution is 7.98. The number of hydrogen-bond donors (Lipinski definition) is 1. The van der Waals surface area contributed by atoms with Crippen LogP contribution >= 0.6 is 11.8 Å². The van der Waals surface area contributed by atoms with Crippen molar-refractivity contribution in [2.75, 3.05) is 24.9 Å². The van der Waals surface area contributed by atoms with Crippen molar-refractivity contribution in [2.24, 2.45) is 0 Å². The van der Waals surface area contributed by atoms with Gasteiger partial charge in [0.15, 0.2) is 11.4 Å². The molecule has 4 heterocycles. The molecule has 1 saturated carbocycles. The standard InChI is InChI=1S/C30H31N3O5S/c34-25-13-14-32-28(29(25)35)30(36)31(20-9-11-21(12-10-20)38-22-15-37-16-22)18-33(32)27-23-6-2-1-5-19(23)17-39-26-8-4-3-7-24(26)27/h1-8,13-14,20-22,27,35H,9-12,15-18H2/t20?,21?,27-/m0/s1. The van der Waals surface area contributed by atoms with E-state index in [1.807, 2.05) is 22.7 Å². The molecular weight excluding hydrogens is 514 g/mol. The van der Waals surface area contributed by atoms with Crippen LogP contribution in [0.5, 0.6) is 5.75 Å². The van der Waals surface area contributed by atoms with Gasteiger partial charge in [-0.3, -0.25) is 19.3 Å². The van der Waals surface area contributed by atoms with Crippen molar-refractivity contribution in [1.82, 2.24) is 9.58 Å². The molecule has 7 rings (SSSR count). The first-order chi connectivity index (χ1) is 19.1. The first-order valence-corrected chi connectivity index (χ1v) is 14.6. The maximum absolute atomic E-state index is 13.9. The highest BCUT2D eigenvalue weighted by atomic mass is 32.2. The number of pyridine rings is 1. The van der Waals surface area contributed by atoms with Gasteiger partial charge in [-0.05, 0) is 48.4 Å². The third-order valence-electron chi connectivity index (χ3n) is 8.41. The number of aromatic nitrogens is 1. The lowest BCUT2D eigenvalue weighted by molar-refractivity contribution is -0.161. The maximum atomic E-state index is 13.9. The SMILES string of the molecule is O=C1c2c(O)c(=O)ccn2N([C@H]2c3ccccc3CSc3ccccc32)CN1C1CCC(OC2COC2)CC1. The van der Waals surface area contributed by atoms with Crippen molar-refractivity contribution in [3.05, 3.63) is 93.4 Å². The third-order valence-corrected chi connectivity index (χ3v) is 9.55. The molecule has 1 aliphatic carbocycles. The Morgan fingerprint density at radius 1 is 0.897 bits per heavy atom. The zero-order valence-electron chi connectivity index (χ0n) is 21.6. The molecule has 8 nitrogen and oxygen atoms in total. The quantitative estimate of drug-likeness (QED) is 0.530. The predicted molar refractivity (Wildman–Crippen MR) is 148 cm³/mol. The summed E-state index contributed by atoms with van der Waals surface area (Å²) in [5.74, 6) is 0.0462. The number of fused-ring (bicyclic) bond motifs is 3. The summed E-state index contributed by atoms with van der Waals surface area (Å²) in [5.41, 5.74) is 3.02. The molecule has 0 bridgehead atoms. The van der Waals surface area contributed by atoms with Gasteiger partial charge in [0.25, 0.3) is 5.91 Å². The van der Waals surface area contributed by atoms with E-state index in [2.05, 4.69) is 47.5 Å². The van der Waals surface area contributed by atoms with Crippen LogP contribution in [0.2, 0.25) is 0 Å². The summed E-state index contributed by atoms with van der Waals surface area (Å²) in [5, 5.41) is 13.1. The molecular formula is C30H31N3O5S. The van der Waals surface area contributed by atoms with Crippen molar-refractivity contribution in [3.8, 4) is 5.75 Å². The molecule has 1 N–H and O–H groups in total. The molecule has 202 valence electrons. The van der Waals surface area contributed by atoms with Crippen molar-refractivity contribution in [2.45, 2.75) is 60.6 Å². The van der Waals surface area contributed by atoms with E-state index in [-0.39, 0.29) is 35.9 Å². The summed E-state index contributed by atoms with van der Waals surface area (Å²) in [6.07, 6.45) is 5.33. The van der Waals surface area contributed by atoms with Crippen molar-refractivity contribution >= 4 is 17.7 Å². The molecule has 39 heavy (non-hydrogen) atoms. The molecule has 9 heteroatoms. The van der Waals surface area contributed by atoms with Crippen LogP contribution in [0.1, 0.15) is 58.9 Å². The van der Waals surface area contributed by atoms with E-state index in [1.165, 1.54) is 16.5 Å². The van der Waals surface area contributed by atoms with Crippen LogP contribution in [0.3, 0.4) is 0 Å². The lowest BCUT2D eigenvalue weighted by atomic mass is 9.91. The number of thioether (sulfide) groups is 1. The number of hydrogen-bond acceptors (Lipinski definition) is 7. The summed E-state index contributed by atoms with van der Waals surface area (Å²) < 4.78 is 13.1. The fourth-order valence-electron chi connectivity index (χ4n) is 6.31. The molecule has 2 fully saturated rings. The van der Waals surface area contributed by atoms with Gasteiger partial charge in [-0.15, -0.1) is 11.8 Å². The number of amides is 1. The smallest absolute Gasteiger partial charge is 0.278 e. The maximum Gasteiger partial charge on any atom is 0.278 e. The molecule has 2 aromatic carbocycles. The van der Waals surface area contributed by atoms with Gasteiger partial charge in [0.1, 0.15) is 12.8 Å². The minimum Gasteiger partial charge on any atom is -0.502 e. The summed E-state index contributed by atoms with van der Waals surface area (Å²) >= 11 is 1.81. The molecule has 0 spiro atoms. The van der Waals surface area contributed by atoms with Crippen LogP contribution in [0.25, 0.3) is 0 Å². The Labute approximate surface area is 231 Å². The van der Waals surface area contributed by atoms with Crippen molar-refractivity contribution < 1.29 is 19.4 Å². The molecule has 0 radical (unpaired) electrons. The fourth-order valence-corrected chi connectivity index (χ4v) is 7.41. The van der Waals surface area contributed by atoms with Crippen LogP contribution in [0.4, 0.5) is 0 Å². The summed E-state index contributed by atoms with van der Waals surface area (Å²) in [7, 11) is 0. The van der Waals surface area contributed by atoms with E-state index >= 15 is 0 Å². The topological polar surface area (TPSA) is 84.2 Å². The first-order valence-electron chi connectivity index (χ1n) is 13.6. The number of carbonyl (C=O) groups excluding carboxylic acids is 1. The fraction of sp³-hybridized carbons (Fsp3) is 0.400.